The van der Waals surface area contributed by atoms with Gasteiger partial charge >= 0.3 is 0 Å². The molecule has 5 nitrogen and oxygen atoms in total. The van der Waals surface area contributed by atoms with Crippen LogP contribution in [0.3, 0.4) is 0 Å². The molecule has 5 N–H and O–H groups in total. The molecule has 0 radical (unpaired) electrons. The maximum atomic E-state index is 8.27. The average molecular weight is 262 g/mol. The van der Waals surface area contributed by atoms with Crippen molar-refractivity contribution in [2.75, 3.05) is 0 Å². The molecule has 0 aromatic heterocycles. The normalized spacial score (nSPS) is 9.38. The number of nitrogens with one attached hydrogen (secondary N) is 1. The standard InChI is InChI=1S/C9H11N5.2ClH/c10-5-7-2-1-3-8(4-7)14-9(12)13-6-11;;/h1-4H,5,10H2,(H3,12,13,14);2*1H. The van der Waals surface area contributed by atoms with Gasteiger partial charge in [-0.05, 0) is 17.7 Å². The summed E-state index contributed by atoms with van der Waals surface area (Å²) >= 11 is 0. The number of nitriles is 1. The molecule has 0 unspecified atom stereocenters. The monoisotopic (exact) mass is 261 g/mol. The van der Waals surface area contributed by atoms with E-state index in [4.69, 9.17) is 16.7 Å². The predicted molar refractivity (Wildman–Crippen MR) is 68.9 cm³/mol. The molecule has 0 aliphatic rings. The number of nitrogens with two attached hydrogens (primary N) is 2. The van der Waals surface area contributed by atoms with Gasteiger partial charge in [0.1, 0.15) is 0 Å². The van der Waals surface area contributed by atoms with Crippen molar-refractivity contribution in [2.45, 2.75) is 6.54 Å². The number of rotatable bonds is 2. The zero-order valence-corrected chi connectivity index (χ0v) is 10.0. The van der Waals surface area contributed by atoms with E-state index >= 15 is 0 Å². The largest absolute Gasteiger partial charge is 0.369 e. The second kappa shape index (κ2) is 8.80. The first-order chi connectivity index (χ1) is 6.76. The highest BCUT2D eigenvalue weighted by Gasteiger charge is 1.93. The molecule has 0 amide bonds. The van der Waals surface area contributed by atoms with Crippen LogP contribution < -0.4 is 16.8 Å². The van der Waals surface area contributed by atoms with Crippen LogP contribution in [0.25, 0.3) is 0 Å². The highest BCUT2D eigenvalue weighted by Crippen LogP contribution is 2.13. The first-order valence-corrected chi connectivity index (χ1v) is 4.04. The lowest BCUT2D eigenvalue weighted by Gasteiger charge is -1.99. The zero-order valence-electron chi connectivity index (χ0n) is 8.38. The Kier molecular flexibility index (Phi) is 9.31. The third kappa shape index (κ3) is 5.41. The number of nitrogens with zero attached hydrogens (tertiary/aromatic N) is 2. The zero-order chi connectivity index (χ0) is 10.4. The summed E-state index contributed by atoms with van der Waals surface area (Å²) < 4.78 is 0. The fraction of sp³-hybridized carbons (Fsp3) is 0.111. The molecule has 1 rings (SSSR count). The number of hydrogen-bond acceptors (Lipinski definition) is 3. The van der Waals surface area contributed by atoms with Crippen molar-refractivity contribution in [3.05, 3.63) is 29.8 Å². The van der Waals surface area contributed by atoms with Gasteiger partial charge < -0.3 is 11.5 Å². The fourth-order valence-corrected chi connectivity index (χ4v) is 0.977. The van der Waals surface area contributed by atoms with Gasteiger partial charge in [-0.15, -0.1) is 24.8 Å². The van der Waals surface area contributed by atoms with Crippen LogP contribution in [0.15, 0.2) is 29.3 Å². The van der Waals surface area contributed by atoms with E-state index in [1.165, 1.54) is 0 Å². The minimum atomic E-state index is 0. The molecule has 16 heavy (non-hydrogen) atoms. The van der Waals surface area contributed by atoms with E-state index in [2.05, 4.69) is 10.3 Å². The van der Waals surface area contributed by atoms with Gasteiger partial charge in [-0.1, -0.05) is 12.1 Å². The third-order valence-electron chi connectivity index (χ3n) is 1.58. The maximum Gasteiger partial charge on any atom is 0.207 e. The highest BCUT2D eigenvalue weighted by atomic mass is 35.5. The van der Waals surface area contributed by atoms with Crippen LogP contribution >= 0.6 is 24.8 Å². The van der Waals surface area contributed by atoms with Crippen molar-refractivity contribution >= 4 is 36.5 Å². The van der Waals surface area contributed by atoms with Crippen LogP contribution in [-0.4, -0.2) is 5.96 Å². The molecule has 0 saturated carbocycles. The Labute approximate surface area is 106 Å². The van der Waals surface area contributed by atoms with Gasteiger partial charge in [-0.3, -0.25) is 5.32 Å². The second-order valence-corrected chi connectivity index (χ2v) is 2.61. The number of hydrogen-bond donors (Lipinski definition) is 3. The molecule has 0 aliphatic carbocycles. The van der Waals surface area contributed by atoms with Crippen LogP contribution in [0, 0.1) is 11.5 Å². The molecule has 0 spiro atoms. The summed E-state index contributed by atoms with van der Waals surface area (Å²) in [5, 5.41) is 10.5. The molecule has 0 atom stereocenters. The average Bonchev–Trinajstić information content (AvgIpc) is 2.18. The van der Waals surface area contributed by atoms with E-state index < -0.39 is 0 Å². The van der Waals surface area contributed by atoms with E-state index in [1.54, 1.807) is 12.3 Å². The molecule has 88 valence electrons. The topological polar surface area (TPSA) is 100 Å². The van der Waals surface area contributed by atoms with E-state index in [0.29, 0.717) is 12.2 Å². The quantitative estimate of drug-likeness (QED) is 0.320. The molecule has 0 bridgehead atoms. The van der Waals surface area contributed by atoms with Crippen LogP contribution in [0.5, 0.6) is 0 Å². The Morgan fingerprint density at radius 3 is 2.69 bits per heavy atom. The van der Waals surface area contributed by atoms with E-state index in [1.807, 2.05) is 18.2 Å². The Hall–Kier alpha value is -1.48. The smallest absolute Gasteiger partial charge is 0.207 e. The fourth-order valence-electron chi connectivity index (χ4n) is 0.977. The molecule has 1 aromatic rings. The summed E-state index contributed by atoms with van der Waals surface area (Å²) in [7, 11) is 0. The van der Waals surface area contributed by atoms with Crippen LogP contribution in [0.1, 0.15) is 5.56 Å². The lowest BCUT2D eigenvalue weighted by molar-refractivity contribution is 1.07. The van der Waals surface area contributed by atoms with Crippen LogP contribution in [0.4, 0.5) is 5.69 Å². The molecule has 7 heteroatoms. The Balaban J connectivity index is 0. The third-order valence-corrected chi connectivity index (χ3v) is 1.58. The molecule has 1 aromatic carbocycles. The minimum Gasteiger partial charge on any atom is -0.369 e. The summed E-state index contributed by atoms with van der Waals surface area (Å²) in [4.78, 5) is 3.96. The van der Waals surface area contributed by atoms with Gasteiger partial charge in [-0.2, -0.15) is 5.26 Å². The summed E-state index contributed by atoms with van der Waals surface area (Å²) in [5.74, 6) is 0.0710. The van der Waals surface area contributed by atoms with Crippen LogP contribution in [0.2, 0.25) is 0 Å². The van der Waals surface area contributed by atoms with Gasteiger partial charge in [0.2, 0.25) is 5.96 Å². The minimum absolute atomic E-state index is 0. The van der Waals surface area contributed by atoms with Gasteiger partial charge in [0, 0.05) is 6.54 Å². The van der Waals surface area contributed by atoms with Gasteiger partial charge in [0.15, 0.2) is 6.19 Å². The number of halogens is 2. The Morgan fingerprint density at radius 2 is 2.12 bits per heavy atom. The first kappa shape index (κ1) is 16.9. The van der Waals surface area contributed by atoms with E-state index in [0.717, 1.165) is 5.56 Å². The van der Waals surface area contributed by atoms with Crippen molar-refractivity contribution in [2.24, 2.45) is 16.5 Å². The summed E-state index contributed by atoms with van der Waals surface area (Å²) in [6, 6.07) is 7.32. The van der Waals surface area contributed by atoms with Crippen molar-refractivity contribution in [1.29, 1.82) is 5.26 Å². The molecule has 0 heterocycles. The van der Waals surface area contributed by atoms with Gasteiger partial charge in [-0.25, -0.2) is 4.99 Å². The lowest BCUT2D eigenvalue weighted by Crippen LogP contribution is -2.26. The molecular weight excluding hydrogens is 249 g/mol. The van der Waals surface area contributed by atoms with Crippen molar-refractivity contribution < 1.29 is 0 Å². The number of benzene rings is 1. The van der Waals surface area contributed by atoms with Crippen molar-refractivity contribution in [3.8, 4) is 6.19 Å². The second-order valence-electron chi connectivity index (χ2n) is 2.61. The van der Waals surface area contributed by atoms with Crippen molar-refractivity contribution in [1.82, 2.24) is 5.32 Å². The molecule has 0 saturated heterocycles. The summed E-state index contributed by atoms with van der Waals surface area (Å²) in [6.45, 7) is 0.453. The van der Waals surface area contributed by atoms with Gasteiger partial charge in [0.05, 0.1) is 5.69 Å². The number of aliphatic imine (C=N–C) groups is 1. The number of guanidine groups is 1. The maximum absolute atomic E-state index is 8.27. The molecular formula is C9H13Cl2N5. The van der Waals surface area contributed by atoms with Crippen molar-refractivity contribution in [3.63, 3.8) is 0 Å². The first-order valence-electron chi connectivity index (χ1n) is 4.04. The lowest BCUT2D eigenvalue weighted by atomic mass is 10.2. The van der Waals surface area contributed by atoms with E-state index in [9.17, 15) is 0 Å². The van der Waals surface area contributed by atoms with Crippen LogP contribution in [-0.2, 0) is 6.54 Å². The predicted octanol–water partition coefficient (Wildman–Crippen LogP) is 1.01. The van der Waals surface area contributed by atoms with E-state index in [-0.39, 0.29) is 30.8 Å². The Bertz CT molecular complexity index is 386. The summed E-state index contributed by atoms with van der Waals surface area (Å²) in [6.07, 6.45) is 1.69. The Morgan fingerprint density at radius 1 is 1.44 bits per heavy atom. The highest BCUT2D eigenvalue weighted by molar-refractivity contribution is 5.85. The SMILES string of the molecule is Cl.Cl.N#CNC(N)=Nc1cccc(CN)c1. The summed E-state index contributed by atoms with van der Waals surface area (Å²) in [5.41, 5.74) is 12.5. The van der Waals surface area contributed by atoms with Gasteiger partial charge in [0.25, 0.3) is 0 Å². The molecule has 0 fully saturated rings. The molecule has 0 aliphatic heterocycles.